The first-order valence-corrected chi connectivity index (χ1v) is 9.05. The van der Waals surface area contributed by atoms with Crippen LogP contribution in [0.2, 0.25) is 10.0 Å². The summed E-state index contributed by atoms with van der Waals surface area (Å²) in [6.45, 7) is 0. The van der Waals surface area contributed by atoms with E-state index in [9.17, 15) is 15.1 Å². The summed E-state index contributed by atoms with van der Waals surface area (Å²) >= 11 is 12.4. The van der Waals surface area contributed by atoms with E-state index in [-0.39, 0.29) is 22.0 Å². The van der Waals surface area contributed by atoms with Gasteiger partial charge in [-0.25, -0.2) is 5.21 Å². The molecule has 0 radical (unpaired) electrons. The van der Waals surface area contributed by atoms with Crippen LogP contribution in [0.25, 0.3) is 0 Å². The van der Waals surface area contributed by atoms with Crippen molar-refractivity contribution in [1.29, 1.82) is 0 Å². The maximum Gasteiger partial charge on any atom is 0.261 e. The molecule has 142 valence electrons. The normalized spacial score (nSPS) is 19.6. The molecular formula is C20H14Cl2N2O4. The lowest BCUT2D eigenvalue weighted by molar-refractivity contribution is -0.991. The number of nitrogens with one attached hydrogen (secondary N) is 1. The van der Waals surface area contributed by atoms with E-state index in [1.54, 1.807) is 42.5 Å². The van der Waals surface area contributed by atoms with E-state index in [4.69, 9.17) is 28.4 Å². The van der Waals surface area contributed by atoms with E-state index in [1.165, 1.54) is 24.3 Å². The highest BCUT2D eigenvalue weighted by Crippen LogP contribution is 2.47. The minimum atomic E-state index is -1.83. The summed E-state index contributed by atoms with van der Waals surface area (Å²) in [7, 11) is 0. The van der Waals surface area contributed by atoms with Crippen LogP contribution in [0.4, 0.5) is 11.4 Å². The summed E-state index contributed by atoms with van der Waals surface area (Å²) in [6.07, 6.45) is 0. The van der Waals surface area contributed by atoms with Crippen molar-refractivity contribution in [1.82, 2.24) is 0 Å². The Bertz CT molecular complexity index is 1080. The predicted molar refractivity (Wildman–Crippen MR) is 105 cm³/mol. The van der Waals surface area contributed by atoms with E-state index >= 15 is 0 Å². The van der Waals surface area contributed by atoms with Crippen molar-refractivity contribution in [2.24, 2.45) is 0 Å². The number of halogens is 2. The molecule has 4 rings (SSSR count). The van der Waals surface area contributed by atoms with Crippen molar-refractivity contribution in [3.8, 4) is 0 Å². The molecule has 6 nitrogen and oxygen atoms in total. The average Bonchev–Trinajstić information content (AvgIpc) is 2.90. The largest absolute Gasteiger partial charge is 0.595 e. The number of quaternary nitrogens is 1. The smallest absolute Gasteiger partial charge is 0.261 e. The number of anilines is 1. The van der Waals surface area contributed by atoms with Crippen LogP contribution in [-0.4, -0.2) is 16.2 Å². The first-order chi connectivity index (χ1) is 13.3. The fourth-order valence-corrected chi connectivity index (χ4v) is 3.88. The minimum Gasteiger partial charge on any atom is -0.595 e. The van der Waals surface area contributed by atoms with Gasteiger partial charge in [0.25, 0.3) is 5.91 Å². The van der Waals surface area contributed by atoms with Gasteiger partial charge >= 0.3 is 0 Å². The number of hydrogen-bond acceptors (Lipinski definition) is 4. The molecule has 1 aliphatic rings. The molecule has 3 aromatic rings. The molecule has 3 N–H and O–H groups in total. The summed E-state index contributed by atoms with van der Waals surface area (Å²) in [5.74, 6) is -0.492. The second-order valence-corrected chi connectivity index (χ2v) is 7.18. The zero-order chi connectivity index (χ0) is 20.1. The van der Waals surface area contributed by atoms with Crippen LogP contribution in [0.5, 0.6) is 0 Å². The topological polar surface area (TPSA) is 88.3 Å². The molecule has 0 saturated carbocycles. The van der Waals surface area contributed by atoms with Gasteiger partial charge in [-0.15, -0.1) is 0 Å². The Hall–Kier alpha value is -2.45. The second kappa shape index (κ2) is 6.86. The van der Waals surface area contributed by atoms with E-state index in [0.717, 1.165) is 4.90 Å². The van der Waals surface area contributed by atoms with Gasteiger partial charge in [0.15, 0.2) is 11.4 Å². The number of fused-ring (bicyclic) bond motifs is 1. The van der Waals surface area contributed by atoms with Crippen LogP contribution < -0.4 is 10.1 Å². The van der Waals surface area contributed by atoms with Gasteiger partial charge in [-0.3, -0.25) is 9.69 Å². The van der Waals surface area contributed by atoms with Crippen LogP contribution in [0.15, 0.2) is 66.7 Å². The summed E-state index contributed by atoms with van der Waals surface area (Å²) < 4.78 is 0. The van der Waals surface area contributed by atoms with Crippen LogP contribution in [0.1, 0.15) is 21.5 Å². The molecule has 0 fully saturated rings. The van der Waals surface area contributed by atoms with E-state index in [0.29, 0.717) is 16.1 Å². The van der Waals surface area contributed by atoms with E-state index in [2.05, 4.69) is 0 Å². The third-order valence-corrected chi connectivity index (χ3v) is 5.26. The summed E-state index contributed by atoms with van der Waals surface area (Å²) in [5, 5.41) is 31.4. The van der Waals surface area contributed by atoms with Gasteiger partial charge in [0.05, 0.1) is 10.7 Å². The zero-order valence-corrected chi connectivity index (χ0v) is 15.8. The molecule has 0 aromatic heterocycles. The molecule has 0 spiro atoms. The van der Waals surface area contributed by atoms with Gasteiger partial charge in [0.2, 0.25) is 0 Å². The van der Waals surface area contributed by atoms with Crippen molar-refractivity contribution in [2.75, 3.05) is 4.90 Å². The highest BCUT2D eigenvalue weighted by atomic mass is 35.5. The van der Waals surface area contributed by atoms with E-state index in [1.807, 2.05) is 0 Å². The Labute approximate surface area is 170 Å². The first kappa shape index (κ1) is 18.9. The van der Waals surface area contributed by atoms with Crippen LogP contribution in [0.3, 0.4) is 0 Å². The zero-order valence-electron chi connectivity index (χ0n) is 14.3. The number of amides is 1. The Morgan fingerprint density at radius 1 is 1.00 bits per heavy atom. The number of benzene rings is 3. The monoisotopic (exact) mass is 416 g/mol. The molecule has 8 heteroatoms. The second-order valence-electron chi connectivity index (χ2n) is 6.34. The van der Waals surface area contributed by atoms with Gasteiger partial charge in [0, 0.05) is 33.8 Å². The first-order valence-electron chi connectivity index (χ1n) is 8.29. The molecular weight excluding hydrogens is 403 g/mol. The molecule has 0 aliphatic carbocycles. The van der Waals surface area contributed by atoms with Gasteiger partial charge in [-0.05, 0) is 18.2 Å². The highest BCUT2D eigenvalue weighted by molar-refractivity contribution is 6.35. The molecule has 1 amide bonds. The Morgan fingerprint density at radius 3 is 2.36 bits per heavy atom. The van der Waals surface area contributed by atoms with Gasteiger partial charge < -0.3 is 10.3 Å². The SMILES string of the molecule is O=C1c2cc(Cl)ccc2C(O)(c2ccccc2)N1c1ccc([NH+]([O-])O)cc1Cl. The molecule has 28 heavy (non-hydrogen) atoms. The lowest BCUT2D eigenvalue weighted by atomic mass is 9.93. The predicted octanol–water partition coefficient (Wildman–Crippen LogP) is 3.25. The van der Waals surface area contributed by atoms with Crippen LogP contribution in [0, 0.1) is 5.21 Å². The summed E-state index contributed by atoms with van der Waals surface area (Å²) in [6, 6.07) is 17.4. The van der Waals surface area contributed by atoms with Crippen molar-refractivity contribution in [2.45, 2.75) is 5.72 Å². The quantitative estimate of drug-likeness (QED) is 0.571. The Morgan fingerprint density at radius 2 is 1.71 bits per heavy atom. The molecule has 3 aromatic carbocycles. The van der Waals surface area contributed by atoms with Crippen molar-refractivity contribution >= 4 is 40.5 Å². The van der Waals surface area contributed by atoms with Crippen LogP contribution in [-0.2, 0) is 5.72 Å². The number of rotatable bonds is 3. The minimum absolute atomic E-state index is 0.0239. The number of carbonyl (C=O) groups excluding carboxylic acids is 1. The molecule has 1 aliphatic heterocycles. The Kier molecular flexibility index (Phi) is 4.63. The number of hydrogen-bond donors (Lipinski definition) is 3. The molecule has 0 bridgehead atoms. The summed E-state index contributed by atoms with van der Waals surface area (Å²) in [5.41, 5.74) is -0.585. The molecule has 0 saturated heterocycles. The molecule has 2 unspecified atom stereocenters. The lowest BCUT2D eigenvalue weighted by Gasteiger charge is -2.35. The maximum absolute atomic E-state index is 13.2. The average molecular weight is 417 g/mol. The van der Waals surface area contributed by atoms with Crippen molar-refractivity contribution in [3.63, 3.8) is 0 Å². The number of aliphatic hydroxyl groups is 1. The number of carbonyl (C=O) groups is 1. The third kappa shape index (κ3) is 2.79. The molecule has 2 atom stereocenters. The standard InChI is InChI=1S/C20H14Cl2N2O4/c21-13-6-8-16-15(10-13)19(25)23(20(16,26)12-4-2-1-3-5-12)18-9-7-14(24(27)28)11-17(18)22/h1-11,24,26-27H. The van der Waals surface area contributed by atoms with Gasteiger partial charge in [-0.2, -0.15) is 5.23 Å². The van der Waals surface area contributed by atoms with E-state index < -0.39 is 16.9 Å². The lowest BCUT2D eigenvalue weighted by Crippen LogP contribution is -2.99. The highest BCUT2D eigenvalue weighted by Gasteiger charge is 2.51. The summed E-state index contributed by atoms with van der Waals surface area (Å²) in [4.78, 5) is 14.4. The molecule has 1 heterocycles. The number of nitrogens with zero attached hydrogens (tertiary/aromatic N) is 1. The maximum atomic E-state index is 13.2. The van der Waals surface area contributed by atoms with Crippen molar-refractivity contribution < 1.29 is 20.3 Å². The van der Waals surface area contributed by atoms with Crippen LogP contribution >= 0.6 is 23.2 Å². The van der Waals surface area contributed by atoms with Crippen molar-refractivity contribution in [3.05, 3.63) is 98.7 Å². The fourth-order valence-electron chi connectivity index (χ4n) is 3.45. The fraction of sp³-hybridized carbons (Fsp3) is 0.0500. The van der Waals surface area contributed by atoms with Gasteiger partial charge in [-0.1, -0.05) is 59.6 Å². The van der Waals surface area contributed by atoms with Gasteiger partial charge in [0.1, 0.15) is 0 Å². The third-order valence-electron chi connectivity index (χ3n) is 4.73. The Balaban J connectivity index is 1.97.